The van der Waals surface area contributed by atoms with E-state index in [1.807, 2.05) is 24.3 Å². The second kappa shape index (κ2) is 7.06. The molecule has 1 aliphatic rings. The molecule has 1 aromatic rings. The third-order valence-electron chi connectivity index (χ3n) is 3.75. The van der Waals surface area contributed by atoms with Gasteiger partial charge in [0.05, 0.1) is 5.56 Å². The van der Waals surface area contributed by atoms with E-state index in [0.717, 1.165) is 17.4 Å². The smallest absolute Gasteiger partial charge is 0.252 e. The Morgan fingerprint density at radius 3 is 2.68 bits per heavy atom. The van der Waals surface area contributed by atoms with E-state index in [4.69, 9.17) is 0 Å². The van der Waals surface area contributed by atoms with Gasteiger partial charge in [-0.1, -0.05) is 19.1 Å². The molecule has 3 nitrogen and oxygen atoms in total. The zero-order chi connectivity index (χ0) is 13.7. The molecule has 1 amide bonds. The Morgan fingerprint density at radius 1 is 1.37 bits per heavy atom. The van der Waals surface area contributed by atoms with Crippen LogP contribution in [0.3, 0.4) is 0 Å². The lowest BCUT2D eigenvalue weighted by molar-refractivity contribution is 0.0936. The monoisotopic (exact) mass is 324 g/mol. The number of halogens is 1. The number of hydrogen-bond donors (Lipinski definition) is 1. The molecule has 0 unspecified atom stereocenters. The van der Waals surface area contributed by atoms with Crippen LogP contribution in [0, 0.1) is 0 Å². The molecule has 1 saturated heterocycles. The number of hydrogen-bond acceptors (Lipinski definition) is 2. The van der Waals surface area contributed by atoms with Crippen molar-refractivity contribution in [3.05, 3.63) is 34.3 Å². The van der Waals surface area contributed by atoms with Crippen molar-refractivity contribution in [2.75, 3.05) is 19.6 Å². The van der Waals surface area contributed by atoms with E-state index < -0.39 is 0 Å². The Kier molecular flexibility index (Phi) is 5.40. The summed E-state index contributed by atoms with van der Waals surface area (Å²) in [4.78, 5) is 14.6. The third-order valence-corrected chi connectivity index (χ3v) is 4.44. The summed E-state index contributed by atoms with van der Waals surface area (Å²) in [7, 11) is 0. The normalized spacial score (nSPS) is 17.4. The molecule has 0 aliphatic carbocycles. The molecule has 1 heterocycles. The number of carbonyl (C=O) groups is 1. The van der Waals surface area contributed by atoms with Crippen molar-refractivity contribution in [1.82, 2.24) is 10.2 Å². The zero-order valence-electron chi connectivity index (χ0n) is 11.4. The van der Waals surface area contributed by atoms with E-state index in [1.54, 1.807) is 0 Å². The van der Waals surface area contributed by atoms with Crippen LogP contribution in [0.25, 0.3) is 0 Å². The third kappa shape index (κ3) is 3.80. The molecule has 19 heavy (non-hydrogen) atoms. The summed E-state index contributed by atoms with van der Waals surface area (Å²) in [6, 6.07) is 8.01. The summed E-state index contributed by atoms with van der Waals surface area (Å²) < 4.78 is 0.849. The second-order valence-corrected chi connectivity index (χ2v) is 5.85. The minimum absolute atomic E-state index is 0.00474. The van der Waals surface area contributed by atoms with Gasteiger partial charge in [0.25, 0.3) is 5.91 Å². The molecule has 1 fully saturated rings. The van der Waals surface area contributed by atoms with Crippen molar-refractivity contribution >= 4 is 21.8 Å². The van der Waals surface area contributed by atoms with Crippen LogP contribution in [-0.2, 0) is 0 Å². The molecule has 1 aromatic carbocycles. The number of nitrogens with one attached hydrogen (secondary N) is 1. The number of nitrogens with zero attached hydrogens (tertiary/aromatic N) is 1. The molecule has 0 aromatic heterocycles. The molecule has 1 aliphatic heterocycles. The minimum atomic E-state index is 0.00474. The highest BCUT2D eigenvalue weighted by atomic mass is 79.9. The maximum Gasteiger partial charge on any atom is 0.252 e. The average molecular weight is 325 g/mol. The Hall–Kier alpha value is -0.870. The molecule has 0 saturated carbocycles. The molecule has 1 N–H and O–H groups in total. The van der Waals surface area contributed by atoms with Gasteiger partial charge in [0.1, 0.15) is 0 Å². The van der Waals surface area contributed by atoms with Crippen LogP contribution in [0.15, 0.2) is 28.7 Å². The average Bonchev–Trinajstić information content (AvgIpc) is 2.94. The fraction of sp³-hybridized carbons (Fsp3) is 0.533. The van der Waals surface area contributed by atoms with Crippen LogP contribution >= 0.6 is 15.9 Å². The van der Waals surface area contributed by atoms with E-state index in [9.17, 15) is 4.79 Å². The number of amides is 1. The highest BCUT2D eigenvalue weighted by Crippen LogP contribution is 2.16. The van der Waals surface area contributed by atoms with Crippen LogP contribution < -0.4 is 5.32 Å². The standard InChI is InChI=1S/C15H21BrN2O/c1-2-12(18-9-5-6-10-18)11-17-15(19)13-7-3-4-8-14(13)16/h3-4,7-8,12H,2,5-6,9-11H2,1H3,(H,17,19)/t12-/m1/s1. The Morgan fingerprint density at radius 2 is 2.05 bits per heavy atom. The lowest BCUT2D eigenvalue weighted by Crippen LogP contribution is -2.42. The number of likely N-dealkylation sites (tertiary alicyclic amines) is 1. The maximum absolute atomic E-state index is 12.1. The van der Waals surface area contributed by atoms with Gasteiger partial charge in [-0.25, -0.2) is 0 Å². The summed E-state index contributed by atoms with van der Waals surface area (Å²) in [5.41, 5.74) is 0.707. The van der Waals surface area contributed by atoms with Gasteiger partial charge in [-0.3, -0.25) is 9.69 Å². The Balaban J connectivity index is 1.90. The highest BCUT2D eigenvalue weighted by molar-refractivity contribution is 9.10. The fourth-order valence-electron chi connectivity index (χ4n) is 2.59. The van der Waals surface area contributed by atoms with Crippen LogP contribution in [0.1, 0.15) is 36.5 Å². The zero-order valence-corrected chi connectivity index (χ0v) is 12.9. The van der Waals surface area contributed by atoms with Gasteiger partial charge < -0.3 is 5.32 Å². The first-order valence-corrected chi connectivity index (χ1v) is 7.78. The Bertz CT molecular complexity index is 430. The quantitative estimate of drug-likeness (QED) is 0.902. The van der Waals surface area contributed by atoms with Gasteiger partial charge in [-0.05, 0) is 60.4 Å². The molecule has 0 radical (unpaired) electrons. The van der Waals surface area contributed by atoms with Gasteiger partial charge in [0.15, 0.2) is 0 Å². The topological polar surface area (TPSA) is 32.3 Å². The summed E-state index contributed by atoms with van der Waals surface area (Å²) in [5, 5.41) is 3.06. The van der Waals surface area contributed by atoms with Gasteiger partial charge in [-0.2, -0.15) is 0 Å². The minimum Gasteiger partial charge on any atom is -0.350 e. The first-order valence-electron chi connectivity index (χ1n) is 6.99. The lowest BCUT2D eigenvalue weighted by atomic mass is 10.1. The van der Waals surface area contributed by atoms with Crippen molar-refractivity contribution in [1.29, 1.82) is 0 Å². The highest BCUT2D eigenvalue weighted by Gasteiger charge is 2.21. The first kappa shape index (κ1) is 14.5. The molecule has 0 bridgehead atoms. The molecule has 104 valence electrons. The van der Waals surface area contributed by atoms with Crippen LogP contribution in [-0.4, -0.2) is 36.5 Å². The number of benzene rings is 1. The molecule has 4 heteroatoms. The second-order valence-electron chi connectivity index (χ2n) is 5.00. The van der Waals surface area contributed by atoms with Crippen molar-refractivity contribution in [2.24, 2.45) is 0 Å². The van der Waals surface area contributed by atoms with Gasteiger partial charge in [-0.15, -0.1) is 0 Å². The molecule has 0 spiro atoms. The van der Waals surface area contributed by atoms with Gasteiger partial charge >= 0.3 is 0 Å². The summed E-state index contributed by atoms with van der Waals surface area (Å²) >= 11 is 3.42. The van der Waals surface area contributed by atoms with E-state index in [0.29, 0.717) is 11.6 Å². The SMILES string of the molecule is CC[C@H](CNC(=O)c1ccccc1Br)N1CCCC1. The predicted molar refractivity (Wildman–Crippen MR) is 81.4 cm³/mol. The molecular formula is C15H21BrN2O. The first-order chi connectivity index (χ1) is 9.22. The summed E-state index contributed by atoms with van der Waals surface area (Å²) in [5.74, 6) is 0.00474. The molecule has 2 rings (SSSR count). The van der Waals surface area contributed by atoms with E-state index >= 15 is 0 Å². The van der Waals surface area contributed by atoms with Crippen molar-refractivity contribution in [3.63, 3.8) is 0 Å². The summed E-state index contributed by atoms with van der Waals surface area (Å²) in [6.45, 7) is 5.26. The Labute approximate surface area is 123 Å². The van der Waals surface area contributed by atoms with Crippen LogP contribution in [0.5, 0.6) is 0 Å². The fourth-order valence-corrected chi connectivity index (χ4v) is 3.05. The predicted octanol–water partition coefficient (Wildman–Crippen LogP) is 3.05. The molecular weight excluding hydrogens is 304 g/mol. The van der Waals surface area contributed by atoms with Gasteiger partial charge in [0, 0.05) is 17.1 Å². The van der Waals surface area contributed by atoms with Crippen molar-refractivity contribution in [3.8, 4) is 0 Å². The van der Waals surface area contributed by atoms with E-state index in [2.05, 4.69) is 33.1 Å². The van der Waals surface area contributed by atoms with Crippen LogP contribution in [0.4, 0.5) is 0 Å². The van der Waals surface area contributed by atoms with Crippen molar-refractivity contribution in [2.45, 2.75) is 32.2 Å². The van der Waals surface area contributed by atoms with E-state index in [1.165, 1.54) is 25.9 Å². The van der Waals surface area contributed by atoms with Gasteiger partial charge in [0.2, 0.25) is 0 Å². The van der Waals surface area contributed by atoms with Crippen LogP contribution in [0.2, 0.25) is 0 Å². The van der Waals surface area contributed by atoms with Crippen molar-refractivity contribution < 1.29 is 4.79 Å². The maximum atomic E-state index is 12.1. The van der Waals surface area contributed by atoms with E-state index in [-0.39, 0.29) is 5.91 Å². The number of rotatable bonds is 5. The molecule has 1 atom stereocenters. The summed E-state index contributed by atoms with van der Waals surface area (Å²) in [6.07, 6.45) is 3.65. The number of carbonyl (C=O) groups excluding carboxylic acids is 1. The lowest BCUT2D eigenvalue weighted by Gasteiger charge is -2.26. The largest absolute Gasteiger partial charge is 0.350 e.